The third-order valence-corrected chi connectivity index (χ3v) is 4.34. The quantitative estimate of drug-likeness (QED) is 0.681. The summed E-state index contributed by atoms with van der Waals surface area (Å²) in [5.74, 6) is 0.882. The Bertz CT molecular complexity index is 586. The number of nitrogens with one attached hydrogen (secondary N) is 1. The molecule has 0 spiro atoms. The maximum atomic E-state index is 6.12. The van der Waals surface area contributed by atoms with Crippen molar-refractivity contribution in [3.8, 4) is 5.75 Å². The van der Waals surface area contributed by atoms with Crippen LogP contribution in [0, 0.1) is 3.57 Å². The highest BCUT2D eigenvalue weighted by Crippen LogP contribution is 2.28. The van der Waals surface area contributed by atoms with E-state index in [0.717, 1.165) is 29.3 Å². The van der Waals surface area contributed by atoms with E-state index in [9.17, 15) is 0 Å². The zero-order valence-electron chi connectivity index (χ0n) is 12.2. The van der Waals surface area contributed by atoms with Gasteiger partial charge in [0.15, 0.2) is 0 Å². The Morgan fingerprint density at radius 2 is 1.90 bits per heavy atom. The SMILES string of the molecule is CCNC(Cc1cc(Cl)ccc1OC)c1ccc(I)cc1. The first-order valence-electron chi connectivity index (χ1n) is 6.95. The number of rotatable bonds is 6. The van der Waals surface area contributed by atoms with E-state index in [1.807, 2.05) is 18.2 Å². The second-order valence-electron chi connectivity index (χ2n) is 4.82. The number of likely N-dealkylation sites (N-methyl/N-ethyl adjacent to an activating group) is 1. The van der Waals surface area contributed by atoms with Gasteiger partial charge in [0.2, 0.25) is 0 Å². The fraction of sp³-hybridized carbons (Fsp3) is 0.294. The Hall–Kier alpha value is -0.780. The summed E-state index contributed by atoms with van der Waals surface area (Å²) >= 11 is 8.45. The maximum absolute atomic E-state index is 6.12. The first kappa shape index (κ1) is 16.6. The number of methoxy groups -OCH3 is 1. The Morgan fingerprint density at radius 1 is 1.19 bits per heavy atom. The summed E-state index contributed by atoms with van der Waals surface area (Å²) in [5, 5.41) is 4.28. The molecule has 4 heteroatoms. The molecule has 2 aromatic rings. The normalized spacial score (nSPS) is 12.2. The number of benzene rings is 2. The van der Waals surface area contributed by atoms with Crippen LogP contribution in [-0.2, 0) is 6.42 Å². The topological polar surface area (TPSA) is 21.3 Å². The van der Waals surface area contributed by atoms with E-state index in [1.165, 1.54) is 9.13 Å². The lowest BCUT2D eigenvalue weighted by Gasteiger charge is -2.20. The summed E-state index contributed by atoms with van der Waals surface area (Å²) < 4.78 is 6.69. The number of halogens is 2. The van der Waals surface area contributed by atoms with Crippen molar-refractivity contribution in [2.75, 3.05) is 13.7 Å². The highest BCUT2D eigenvalue weighted by Gasteiger charge is 2.14. The van der Waals surface area contributed by atoms with E-state index < -0.39 is 0 Å². The predicted molar refractivity (Wildman–Crippen MR) is 97.3 cm³/mol. The first-order valence-corrected chi connectivity index (χ1v) is 8.41. The van der Waals surface area contributed by atoms with Crippen LogP contribution in [0.4, 0.5) is 0 Å². The number of hydrogen-bond acceptors (Lipinski definition) is 2. The highest BCUT2D eigenvalue weighted by molar-refractivity contribution is 14.1. The van der Waals surface area contributed by atoms with E-state index in [0.29, 0.717) is 0 Å². The summed E-state index contributed by atoms with van der Waals surface area (Å²) in [6, 6.07) is 14.6. The second kappa shape index (κ2) is 8.01. The Kier molecular flexibility index (Phi) is 6.33. The van der Waals surface area contributed by atoms with Crippen molar-refractivity contribution in [1.29, 1.82) is 0 Å². The zero-order valence-corrected chi connectivity index (χ0v) is 15.1. The molecule has 0 saturated carbocycles. The second-order valence-corrected chi connectivity index (χ2v) is 6.50. The summed E-state index contributed by atoms with van der Waals surface area (Å²) in [5.41, 5.74) is 2.40. The van der Waals surface area contributed by atoms with Crippen molar-refractivity contribution in [2.24, 2.45) is 0 Å². The third-order valence-electron chi connectivity index (χ3n) is 3.39. The Labute approximate surface area is 145 Å². The molecule has 1 atom stereocenters. The van der Waals surface area contributed by atoms with Crippen LogP contribution in [0.3, 0.4) is 0 Å². The third kappa shape index (κ3) is 4.59. The van der Waals surface area contributed by atoms with Gasteiger partial charge in [-0.1, -0.05) is 30.7 Å². The summed E-state index contributed by atoms with van der Waals surface area (Å²) in [6.07, 6.45) is 0.845. The monoisotopic (exact) mass is 415 g/mol. The molecule has 0 radical (unpaired) electrons. The lowest BCUT2D eigenvalue weighted by molar-refractivity contribution is 0.405. The fourth-order valence-electron chi connectivity index (χ4n) is 2.38. The molecule has 1 N–H and O–H groups in total. The molecule has 0 heterocycles. The molecule has 0 saturated heterocycles. The van der Waals surface area contributed by atoms with Crippen LogP contribution < -0.4 is 10.1 Å². The van der Waals surface area contributed by atoms with Crippen LogP contribution in [0.15, 0.2) is 42.5 Å². The molecule has 0 aliphatic carbocycles. The van der Waals surface area contributed by atoms with Crippen molar-refractivity contribution in [3.05, 3.63) is 62.2 Å². The summed E-state index contributed by atoms with van der Waals surface area (Å²) in [4.78, 5) is 0. The van der Waals surface area contributed by atoms with Gasteiger partial charge < -0.3 is 10.1 Å². The molecule has 0 aromatic heterocycles. The smallest absolute Gasteiger partial charge is 0.122 e. The van der Waals surface area contributed by atoms with Gasteiger partial charge in [0.25, 0.3) is 0 Å². The van der Waals surface area contributed by atoms with Crippen molar-refractivity contribution in [3.63, 3.8) is 0 Å². The van der Waals surface area contributed by atoms with Crippen molar-refractivity contribution in [1.82, 2.24) is 5.32 Å². The van der Waals surface area contributed by atoms with E-state index >= 15 is 0 Å². The minimum atomic E-state index is 0.249. The molecule has 2 rings (SSSR count). The lowest BCUT2D eigenvalue weighted by atomic mass is 9.98. The van der Waals surface area contributed by atoms with E-state index in [-0.39, 0.29) is 6.04 Å². The summed E-state index contributed by atoms with van der Waals surface area (Å²) in [7, 11) is 1.69. The van der Waals surface area contributed by atoms with Gasteiger partial charge in [0.05, 0.1) is 7.11 Å². The Balaban J connectivity index is 2.27. The van der Waals surface area contributed by atoms with E-state index in [4.69, 9.17) is 16.3 Å². The Morgan fingerprint density at radius 3 is 2.52 bits per heavy atom. The first-order chi connectivity index (χ1) is 10.1. The average molecular weight is 416 g/mol. The zero-order chi connectivity index (χ0) is 15.2. The molecule has 2 aromatic carbocycles. The largest absolute Gasteiger partial charge is 0.496 e. The van der Waals surface area contributed by atoms with Gasteiger partial charge in [0.1, 0.15) is 5.75 Å². The van der Waals surface area contributed by atoms with Gasteiger partial charge in [-0.15, -0.1) is 0 Å². The van der Waals surface area contributed by atoms with Crippen molar-refractivity contribution >= 4 is 34.2 Å². The predicted octanol–water partition coefficient (Wildman–Crippen LogP) is 4.85. The number of ether oxygens (including phenoxy) is 1. The molecule has 112 valence electrons. The van der Waals surface area contributed by atoms with Crippen molar-refractivity contribution < 1.29 is 4.74 Å². The molecular weight excluding hydrogens is 397 g/mol. The highest BCUT2D eigenvalue weighted by atomic mass is 127. The standard InChI is InChI=1S/C17H19ClINO/c1-3-20-16(12-4-7-15(19)8-5-12)11-13-10-14(18)6-9-17(13)21-2/h4-10,16,20H,3,11H2,1-2H3. The minimum absolute atomic E-state index is 0.249. The molecule has 0 amide bonds. The maximum Gasteiger partial charge on any atom is 0.122 e. The molecule has 0 fully saturated rings. The van der Waals surface area contributed by atoms with Crippen LogP contribution >= 0.6 is 34.2 Å². The average Bonchev–Trinajstić information content (AvgIpc) is 2.48. The lowest BCUT2D eigenvalue weighted by Crippen LogP contribution is -2.23. The molecule has 2 nitrogen and oxygen atoms in total. The van der Waals surface area contributed by atoms with Crippen LogP contribution in [0.25, 0.3) is 0 Å². The summed E-state index contributed by atoms with van der Waals surface area (Å²) in [6.45, 7) is 3.04. The minimum Gasteiger partial charge on any atom is -0.496 e. The van der Waals surface area contributed by atoms with Gasteiger partial charge in [-0.05, 0) is 77.0 Å². The van der Waals surface area contributed by atoms with Crippen LogP contribution in [-0.4, -0.2) is 13.7 Å². The molecule has 1 unspecified atom stereocenters. The van der Waals surface area contributed by atoms with E-state index in [1.54, 1.807) is 7.11 Å². The molecule has 0 aliphatic heterocycles. The van der Waals surface area contributed by atoms with Gasteiger partial charge in [-0.3, -0.25) is 0 Å². The molecular formula is C17H19ClINO. The van der Waals surface area contributed by atoms with Gasteiger partial charge in [0, 0.05) is 14.6 Å². The number of hydrogen-bond donors (Lipinski definition) is 1. The molecule has 0 aliphatic rings. The van der Waals surface area contributed by atoms with Gasteiger partial charge >= 0.3 is 0 Å². The van der Waals surface area contributed by atoms with Crippen LogP contribution in [0.2, 0.25) is 5.02 Å². The van der Waals surface area contributed by atoms with Crippen LogP contribution in [0.5, 0.6) is 5.75 Å². The van der Waals surface area contributed by atoms with Gasteiger partial charge in [-0.25, -0.2) is 0 Å². The van der Waals surface area contributed by atoms with Crippen LogP contribution in [0.1, 0.15) is 24.1 Å². The van der Waals surface area contributed by atoms with Crippen molar-refractivity contribution in [2.45, 2.75) is 19.4 Å². The fourth-order valence-corrected chi connectivity index (χ4v) is 2.93. The molecule has 0 bridgehead atoms. The van der Waals surface area contributed by atoms with Gasteiger partial charge in [-0.2, -0.15) is 0 Å². The molecule has 21 heavy (non-hydrogen) atoms. The van der Waals surface area contributed by atoms with E-state index in [2.05, 4.69) is 59.1 Å².